The van der Waals surface area contributed by atoms with E-state index in [1.807, 2.05) is 36.0 Å². The topological polar surface area (TPSA) is 26.3 Å². The fourth-order valence-corrected chi connectivity index (χ4v) is 2.40. The third-order valence-corrected chi connectivity index (χ3v) is 3.56. The summed E-state index contributed by atoms with van der Waals surface area (Å²) in [4.78, 5) is 10.9. The molecule has 0 radical (unpaired) electrons. The minimum Gasteiger partial charge on any atom is -0.466 e. The van der Waals surface area contributed by atoms with Crippen LogP contribution in [0.5, 0.6) is 0 Å². The van der Waals surface area contributed by atoms with Gasteiger partial charge in [0.15, 0.2) is 0 Å². The minimum atomic E-state index is -0.283. The quantitative estimate of drug-likeness (QED) is 0.445. The average Bonchev–Trinajstić information content (AvgIpc) is 3.06. The van der Waals surface area contributed by atoms with Gasteiger partial charge in [-0.15, -0.1) is 11.8 Å². The Kier molecular flexibility index (Phi) is 3.11. The van der Waals surface area contributed by atoms with Crippen molar-refractivity contribution >= 4 is 17.7 Å². The molecular formula is C12H12O2S. The summed E-state index contributed by atoms with van der Waals surface area (Å²) in [5.74, 6) is -0.283. The van der Waals surface area contributed by atoms with Crippen LogP contribution in [-0.4, -0.2) is 18.3 Å². The van der Waals surface area contributed by atoms with Crippen LogP contribution >= 0.6 is 11.8 Å². The van der Waals surface area contributed by atoms with Crippen LogP contribution in [-0.2, 0) is 9.53 Å². The lowest BCUT2D eigenvalue weighted by Crippen LogP contribution is -1.94. The number of benzene rings is 1. The van der Waals surface area contributed by atoms with Gasteiger partial charge < -0.3 is 4.74 Å². The molecule has 0 aliphatic carbocycles. The molecule has 1 heterocycles. The Balaban J connectivity index is 1.92. The molecule has 2 rings (SSSR count). The number of rotatable bonds is 3. The van der Waals surface area contributed by atoms with Gasteiger partial charge in [-0.25, -0.2) is 4.79 Å². The number of carbonyl (C=O) groups is 1. The first-order chi connectivity index (χ1) is 7.31. The SMILES string of the molecule is COC(=O)/C=C\[C@@H]1S[C@H]1c1ccccc1. The first-order valence-electron chi connectivity index (χ1n) is 4.78. The van der Waals surface area contributed by atoms with E-state index in [1.54, 1.807) is 0 Å². The highest BCUT2D eigenvalue weighted by atomic mass is 32.2. The van der Waals surface area contributed by atoms with Gasteiger partial charge in [0, 0.05) is 16.6 Å². The van der Waals surface area contributed by atoms with Crippen LogP contribution in [0.3, 0.4) is 0 Å². The van der Waals surface area contributed by atoms with Crippen molar-refractivity contribution in [3.05, 3.63) is 48.0 Å². The highest BCUT2D eigenvalue weighted by Crippen LogP contribution is 2.55. The summed E-state index contributed by atoms with van der Waals surface area (Å²) >= 11 is 1.85. The number of hydrogen-bond acceptors (Lipinski definition) is 3. The second-order valence-electron chi connectivity index (χ2n) is 3.31. The maximum Gasteiger partial charge on any atom is 0.330 e. The third-order valence-electron chi connectivity index (χ3n) is 2.28. The standard InChI is InChI=1S/C12H12O2S/c1-14-11(13)8-7-10-12(15-10)9-5-3-2-4-6-9/h2-8,10,12H,1H3/b8-7-/t10-,12-/m0/s1. The van der Waals surface area contributed by atoms with Crippen LogP contribution in [0.15, 0.2) is 42.5 Å². The van der Waals surface area contributed by atoms with Crippen LogP contribution in [0.25, 0.3) is 0 Å². The lowest BCUT2D eigenvalue weighted by Gasteiger charge is -1.94. The van der Waals surface area contributed by atoms with Gasteiger partial charge in [-0.1, -0.05) is 36.4 Å². The van der Waals surface area contributed by atoms with Gasteiger partial charge in [0.2, 0.25) is 0 Å². The van der Waals surface area contributed by atoms with Crippen molar-refractivity contribution in [2.24, 2.45) is 0 Å². The molecule has 1 fully saturated rings. The van der Waals surface area contributed by atoms with Gasteiger partial charge >= 0.3 is 5.97 Å². The van der Waals surface area contributed by atoms with E-state index in [1.165, 1.54) is 18.7 Å². The van der Waals surface area contributed by atoms with Crippen LogP contribution in [0, 0.1) is 0 Å². The molecule has 15 heavy (non-hydrogen) atoms. The first-order valence-corrected chi connectivity index (χ1v) is 5.72. The highest BCUT2D eigenvalue weighted by molar-refractivity contribution is 8.07. The first kappa shape index (κ1) is 10.3. The molecule has 1 aromatic rings. The number of methoxy groups -OCH3 is 1. The smallest absolute Gasteiger partial charge is 0.330 e. The molecule has 78 valence electrons. The number of carbonyl (C=O) groups excluding carboxylic acids is 1. The van der Waals surface area contributed by atoms with Crippen molar-refractivity contribution in [1.82, 2.24) is 0 Å². The Bertz CT molecular complexity index is 372. The molecule has 0 unspecified atom stereocenters. The van der Waals surface area contributed by atoms with Gasteiger partial charge in [-0.2, -0.15) is 0 Å². The Hall–Kier alpha value is -1.22. The maximum absolute atomic E-state index is 10.9. The summed E-state index contributed by atoms with van der Waals surface area (Å²) in [6.45, 7) is 0. The number of esters is 1. The normalized spacial score (nSPS) is 24.1. The number of thioether (sulfide) groups is 1. The predicted molar refractivity (Wildman–Crippen MR) is 61.7 cm³/mol. The van der Waals surface area contributed by atoms with Crippen LogP contribution < -0.4 is 0 Å². The summed E-state index contributed by atoms with van der Waals surface area (Å²) in [6.07, 6.45) is 3.41. The molecule has 0 aromatic heterocycles. The zero-order valence-corrected chi connectivity index (χ0v) is 9.24. The molecule has 1 saturated heterocycles. The van der Waals surface area contributed by atoms with E-state index >= 15 is 0 Å². The molecule has 0 spiro atoms. The number of ether oxygens (including phenoxy) is 1. The monoisotopic (exact) mass is 220 g/mol. The number of hydrogen-bond donors (Lipinski definition) is 0. The zero-order chi connectivity index (χ0) is 10.7. The maximum atomic E-state index is 10.9. The fourth-order valence-electron chi connectivity index (χ4n) is 1.42. The fraction of sp³-hybridized carbons (Fsp3) is 0.250. The largest absolute Gasteiger partial charge is 0.466 e. The Morgan fingerprint density at radius 3 is 2.80 bits per heavy atom. The summed E-state index contributed by atoms with van der Waals surface area (Å²) < 4.78 is 4.53. The van der Waals surface area contributed by atoms with E-state index in [-0.39, 0.29) is 5.97 Å². The molecule has 1 aromatic carbocycles. The molecule has 1 aliphatic heterocycles. The lowest BCUT2D eigenvalue weighted by atomic mass is 10.1. The Morgan fingerprint density at radius 1 is 1.40 bits per heavy atom. The van der Waals surface area contributed by atoms with Gasteiger partial charge in [0.1, 0.15) is 0 Å². The van der Waals surface area contributed by atoms with Crippen molar-refractivity contribution < 1.29 is 9.53 Å². The van der Waals surface area contributed by atoms with E-state index in [2.05, 4.69) is 16.9 Å². The van der Waals surface area contributed by atoms with Crippen LogP contribution in [0.2, 0.25) is 0 Å². The van der Waals surface area contributed by atoms with Crippen molar-refractivity contribution in [2.75, 3.05) is 7.11 Å². The molecule has 0 amide bonds. The molecule has 3 heteroatoms. The second kappa shape index (κ2) is 4.53. The van der Waals surface area contributed by atoms with E-state index in [0.29, 0.717) is 10.5 Å². The zero-order valence-electron chi connectivity index (χ0n) is 8.42. The van der Waals surface area contributed by atoms with E-state index in [9.17, 15) is 4.79 Å². The minimum absolute atomic E-state index is 0.283. The second-order valence-corrected chi connectivity index (χ2v) is 4.64. The predicted octanol–water partition coefficient (Wildman–Crippen LogP) is 2.57. The molecule has 1 aliphatic rings. The molecular weight excluding hydrogens is 208 g/mol. The summed E-state index contributed by atoms with van der Waals surface area (Å²) in [5, 5.41) is 0.929. The van der Waals surface area contributed by atoms with Crippen molar-refractivity contribution in [3.63, 3.8) is 0 Å². The lowest BCUT2D eigenvalue weighted by molar-refractivity contribution is -0.134. The molecule has 0 N–H and O–H groups in total. The van der Waals surface area contributed by atoms with Gasteiger partial charge in [-0.05, 0) is 5.56 Å². The van der Waals surface area contributed by atoms with Crippen LogP contribution in [0.1, 0.15) is 10.8 Å². The Morgan fingerprint density at radius 2 is 2.13 bits per heavy atom. The van der Waals surface area contributed by atoms with Crippen molar-refractivity contribution in [2.45, 2.75) is 10.5 Å². The molecule has 2 atom stereocenters. The third kappa shape index (κ3) is 2.63. The van der Waals surface area contributed by atoms with E-state index in [4.69, 9.17) is 0 Å². The summed E-state index contributed by atoms with van der Waals surface area (Å²) in [7, 11) is 1.39. The van der Waals surface area contributed by atoms with E-state index < -0.39 is 0 Å². The van der Waals surface area contributed by atoms with E-state index in [0.717, 1.165) is 0 Å². The summed E-state index contributed by atoms with van der Waals surface area (Å²) in [5.41, 5.74) is 1.32. The van der Waals surface area contributed by atoms with Gasteiger partial charge in [0.05, 0.1) is 7.11 Å². The Labute approximate surface area is 93.3 Å². The van der Waals surface area contributed by atoms with Crippen molar-refractivity contribution in [1.29, 1.82) is 0 Å². The van der Waals surface area contributed by atoms with Gasteiger partial charge in [0.25, 0.3) is 0 Å². The molecule has 2 nitrogen and oxygen atoms in total. The van der Waals surface area contributed by atoms with Crippen LogP contribution in [0.4, 0.5) is 0 Å². The summed E-state index contributed by atoms with van der Waals surface area (Å²) in [6, 6.07) is 10.3. The van der Waals surface area contributed by atoms with Crippen molar-refractivity contribution in [3.8, 4) is 0 Å². The molecule has 0 saturated carbocycles. The highest BCUT2D eigenvalue weighted by Gasteiger charge is 2.37. The average molecular weight is 220 g/mol. The van der Waals surface area contributed by atoms with Gasteiger partial charge in [-0.3, -0.25) is 0 Å². The molecule has 0 bridgehead atoms.